The van der Waals surface area contributed by atoms with Crippen molar-refractivity contribution in [1.29, 1.82) is 0 Å². The van der Waals surface area contributed by atoms with E-state index in [9.17, 15) is 4.79 Å². The lowest BCUT2D eigenvalue weighted by Gasteiger charge is -2.11. The number of carbonyl (C=O) groups excluding carboxylic acids is 1. The predicted octanol–water partition coefficient (Wildman–Crippen LogP) is 3.69. The van der Waals surface area contributed by atoms with Gasteiger partial charge in [0.25, 0.3) is 5.91 Å². The summed E-state index contributed by atoms with van der Waals surface area (Å²) >= 11 is 0. The van der Waals surface area contributed by atoms with Crippen LogP contribution in [0, 0.1) is 6.92 Å². The van der Waals surface area contributed by atoms with Crippen LogP contribution in [0.4, 0.5) is 17.5 Å². The second-order valence-electron chi connectivity index (χ2n) is 7.63. The van der Waals surface area contributed by atoms with Gasteiger partial charge in [0.2, 0.25) is 11.8 Å². The average molecular weight is 461 g/mol. The molecule has 9 heteroatoms. The minimum absolute atomic E-state index is 0.0577. The summed E-state index contributed by atoms with van der Waals surface area (Å²) < 4.78 is 5.44. The molecule has 4 N–H and O–H groups in total. The topological polar surface area (TPSA) is 130 Å². The predicted molar refractivity (Wildman–Crippen MR) is 132 cm³/mol. The van der Waals surface area contributed by atoms with Crippen molar-refractivity contribution < 1.29 is 14.3 Å². The second kappa shape index (κ2) is 11.6. The monoisotopic (exact) mass is 460 g/mol. The zero-order valence-corrected chi connectivity index (χ0v) is 19.4. The van der Waals surface area contributed by atoms with Gasteiger partial charge in [-0.3, -0.25) is 4.79 Å². The fourth-order valence-corrected chi connectivity index (χ4v) is 2.96. The zero-order chi connectivity index (χ0) is 24.5. The molecule has 9 nitrogen and oxygen atoms in total. The van der Waals surface area contributed by atoms with E-state index < -0.39 is 0 Å². The van der Waals surface area contributed by atoms with E-state index in [1.54, 1.807) is 57.7 Å². The fraction of sp³-hybridized carbons (Fsp3) is 0.200. The van der Waals surface area contributed by atoms with Crippen LogP contribution in [0.3, 0.4) is 0 Å². The molecular formula is C25H28N6O3. The molecule has 2 heterocycles. The number of nitrogens with one attached hydrogen (secondary N) is 1. The molecule has 0 aliphatic carbocycles. The lowest BCUT2D eigenvalue weighted by molar-refractivity contribution is 0.0827. The van der Waals surface area contributed by atoms with Crippen molar-refractivity contribution in [3.63, 3.8) is 0 Å². The van der Waals surface area contributed by atoms with Crippen molar-refractivity contribution in [1.82, 2.24) is 19.9 Å². The summed E-state index contributed by atoms with van der Waals surface area (Å²) in [5.41, 5.74) is 9.05. The Kier molecular flexibility index (Phi) is 8.31. The van der Waals surface area contributed by atoms with Crippen molar-refractivity contribution in [2.75, 3.05) is 31.8 Å². The van der Waals surface area contributed by atoms with Crippen LogP contribution in [0.2, 0.25) is 0 Å². The molecule has 0 fully saturated rings. The van der Waals surface area contributed by atoms with Crippen LogP contribution in [0.15, 0.2) is 71.4 Å². The fourth-order valence-electron chi connectivity index (χ4n) is 2.96. The SMILES string of the molecule is Cc1cnc(-c2cnc(Nc3ccc(C(=O)N(C)C)cc3)nc2N)o1.OCCc1ccccc1. The van der Waals surface area contributed by atoms with E-state index in [4.69, 9.17) is 15.3 Å². The highest BCUT2D eigenvalue weighted by Gasteiger charge is 2.12. The second-order valence-corrected chi connectivity index (χ2v) is 7.63. The number of amides is 1. The van der Waals surface area contributed by atoms with Crippen LogP contribution in [-0.2, 0) is 6.42 Å². The maximum atomic E-state index is 11.9. The Morgan fingerprint density at radius 3 is 2.32 bits per heavy atom. The molecule has 0 spiro atoms. The maximum absolute atomic E-state index is 11.9. The highest BCUT2D eigenvalue weighted by atomic mass is 16.4. The summed E-state index contributed by atoms with van der Waals surface area (Å²) in [6.07, 6.45) is 3.93. The highest BCUT2D eigenvalue weighted by molar-refractivity contribution is 5.94. The lowest BCUT2D eigenvalue weighted by atomic mass is 10.2. The molecule has 0 aliphatic heterocycles. The van der Waals surface area contributed by atoms with Gasteiger partial charge in [0.15, 0.2) is 0 Å². The molecule has 0 aliphatic rings. The Morgan fingerprint density at radius 1 is 1.06 bits per heavy atom. The summed E-state index contributed by atoms with van der Waals surface area (Å²) in [5, 5.41) is 11.6. The first-order chi connectivity index (χ1) is 16.4. The van der Waals surface area contributed by atoms with Crippen LogP contribution in [0.5, 0.6) is 0 Å². The number of nitrogens with two attached hydrogens (primary N) is 1. The summed E-state index contributed by atoms with van der Waals surface area (Å²) in [6, 6.07) is 17.0. The average Bonchev–Trinajstić information content (AvgIpc) is 3.26. The molecule has 34 heavy (non-hydrogen) atoms. The van der Waals surface area contributed by atoms with Crippen molar-refractivity contribution in [2.24, 2.45) is 0 Å². The van der Waals surface area contributed by atoms with Gasteiger partial charge in [-0.2, -0.15) is 4.98 Å². The number of rotatable bonds is 6. The summed E-state index contributed by atoms with van der Waals surface area (Å²) in [5.74, 6) is 1.62. The quantitative estimate of drug-likeness (QED) is 0.397. The van der Waals surface area contributed by atoms with Gasteiger partial charge >= 0.3 is 0 Å². The summed E-state index contributed by atoms with van der Waals surface area (Å²) in [7, 11) is 3.42. The van der Waals surface area contributed by atoms with E-state index in [2.05, 4.69) is 20.3 Å². The van der Waals surface area contributed by atoms with E-state index in [-0.39, 0.29) is 18.3 Å². The van der Waals surface area contributed by atoms with Crippen LogP contribution in [0.1, 0.15) is 21.7 Å². The molecule has 2 aromatic carbocycles. The smallest absolute Gasteiger partial charge is 0.253 e. The van der Waals surface area contributed by atoms with E-state index in [0.29, 0.717) is 28.7 Å². The molecule has 0 bridgehead atoms. The molecule has 4 rings (SSSR count). The minimum Gasteiger partial charge on any atom is -0.441 e. The van der Waals surface area contributed by atoms with Gasteiger partial charge in [0.1, 0.15) is 11.6 Å². The molecule has 4 aromatic rings. The first kappa shape index (κ1) is 24.4. The Morgan fingerprint density at radius 2 is 1.76 bits per heavy atom. The number of hydrogen-bond donors (Lipinski definition) is 3. The molecule has 2 aromatic heterocycles. The van der Waals surface area contributed by atoms with Gasteiger partial charge in [0, 0.05) is 38.1 Å². The van der Waals surface area contributed by atoms with Crippen molar-refractivity contribution in [3.05, 3.63) is 83.9 Å². The summed E-state index contributed by atoms with van der Waals surface area (Å²) in [4.78, 5) is 26.0. The van der Waals surface area contributed by atoms with Crippen LogP contribution < -0.4 is 11.1 Å². The molecule has 1 amide bonds. The number of benzene rings is 2. The number of anilines is 3. The molecule has 0 radical (unpaired) electrons. The number of aliphatic hydroxyl groups is 1. The Labute approximate surface area is 198 Å². The molecule has 0 atom stereocenters. The van der Waals surface area contributed by atoms with Gasteiger partial charge in [-0.15, -0.1) is 0 Å². The maximum Gasteiger partial charge on any atom is 0.253 e. The molecular weight excluding hydrogens is 432 g/mol. The third-order valence-corrected chi connectivity index (χ3v) is 4.71. The molecule has 176 valence electrons. The Bertz CT molecular complexity index is 1210. The van der Waals surface area contributed by atoms with Crippen molar-refractivity contribution >= 4 is 23.4 Å². The first-order valence-corrected chi connectivity index (χ1v) is 10.7. The first-order valence-electron chi connectivity index (χ1n) is 10.7. The van der Waals surface area contributed by atoms with Gasteiger partial charge in [0.05, 0.1) is 11.8 Å². The zero-order valence-electron chi connectivity index (χ0n) is 19.4. The number of aromatic nitrogens is 3. The number of oxazole rings is 1. The normalized spacial score (nSPS) is 10.2. The standard InChI is InChI=1S/C17H18N6O2.C8H10O/c1-10-8-19-15(25-10)13-9-20-17(22-14(13)18)21-12-6-4-11(5-7-12)16(24)23(2)3;9-7-6-8-4-2-1-3-5-8/h4-9H,1-3H3,(H3,18,20,21,22);1-5,9H,6-7H2. The van der Waals surface area contributed by atoms with E-state index in [0.717, 1.165) is 12.1 Å². The van der Waals surface area contributed by atoms with Gasteiger partial charge in [-0.1, -0.05) is 30.3 Å². The molecule has 0 saturated heterocycles. The lowest BCUT2D eigenvalue weighted by Crippen LogP contribution is -2.21. The third-order valence-electron chi connectivity index (χ3n) is 4.71. The Hall–Kier alpha value is -4.24. The number of aryl methyl sites for hydroxylation is 1. The number of nitrogens with zero attached hydrogens (tertiary/aromatic N) is 4. The molecule has 0 saturated carbocycles. The van der Waals surface area contributed by atoms with Crippen LogP contribution >= 0.6 is 0 Å². The van der Waals surface area contributed by atoms with Gasteiger partial charge < -0.3 is 25.5 Å². The van der Waals surface area contributed by atoms with Crippen LogP contribution in [0.25, 0.3) is 11.5 Å². The van der Waals surface area contributed by atoms with E-state index >= 15 is 0 Å². The van der Waals surface area contributed by atoms with Crippen molar-refractivity contribution in [2.45, 2.75) is 13.3 Å². The highest BCUT2D eigenvalue weighted by Crippen LogP contribution is 2.25. The summed E-state index contributed by atoms with van der Waals surface area (Å²) in [6.45, 7) is 2.04. The van der Waals surface area contributed by atoms with Crippen LogP contribution in [-0.4, -0.2) is 51.6 Å². The number of nitrogen functional groups attached to an aromatic ring is 1. The minimum atomic E-state index is -0.0577. The third kappa shape index (κ3) is 6.63. The number of carbonyl (C=O) groups is 1. The van der Waals surface area contributed by atoms with Gasteiger partial charge in [-0.25, -0.2) is 9.97 Å². The van der Waals surface area contributed by atoms with E-state index in [1.807, 2.05) is 30.3 Å². The number of hydrogen-bond acceptors (Lipinski definition) is 8. The van der Waals surface area contributed by atoms with E-state index in [1.165, 1.54) is 10.5 Å². The molecule has 0 unspecified atom stereocenters. The number of aliphatic hydroxyl groups excluding tert-OH is 1. The van der Waals surface area contributed by atoms with Gasteiger partial charge in [-0.05, 0) is 43.2 Å². The largest absolute Gasteiger partial charge is 0.441 e. The van der Waals surface area contributed by atoms with Crippen molar-refractivity contribution in [3.8, 4) is 11.5 Å². The Balaban J connectivity index is 0.000000302.